The highest BCUT2D eigenvalue weighted by molar-refractivity contribution is 5.68. The first-order valence-corrected chi connectivity index (χ1v) is 10.7. The third-order valence-corrected chi connectivity index (χ3v) is 7.71. The fraction of sp³-hybridized carbons (Fsp3) is 0.950. The Morgan fingerprint density at radius 1 is 1.22 bits per heavy atom. The first-order valence-electron chi connectivity index (χ1n) is 10.7. The van der Waals surface area contributed by atoms with Gasteiger partial charge < -0.3 is 19.4 Å². The molecule has 27 heavy (non-hydrogen) atoms. The molecule has 5 nitrogen and oxygen atoms in total. The topological polar surface area (TPSA) is 41.6 Å². The van der Waals surface area contributed by atoms with Crippen molar-refractivity contribution < 1.29 is 22.8 Å². The number of likely N-dealkylation sites (tertiary alicyclic amines) is 2. The van der Waals surface area contributed by atoms with Crippen LogP contribution in [-0.4, -0.2) is 79.4 Å². The molecule has 7 heteroatoms. The minimum absolute atomic E-state index is 0.0278. The normalized spacial score (nSPS) is 39.4. The molecule has 1 aliphatic carbocycles. The zero-order valence-corrected chi connectivity index (χ0v) is 16.5. The average Bonchev–Trinajstić information content (AvgIpc) is 3.06. The lowest BCUT2D eigenvalue weighted by Crippen LogP contribution is -2.73. The van der Waals surface area contributed by atoms with Gasteiger partial charge in [-0.2, -0.15) is 0 Å². The van der Waals surface area contributed by atoms with Crippen LogP contribution in [0.2, 0.25) is 0 Å². The van der Waals surface area contributed by atoms with Gasteiger partial charge in [-0.3, -0.25) is 0 Å². The molecule has 1 atom stereocenters. The molecule has 1 N–H and O–H groups in total. The Labute approximate surface area is 161 Å². The zero-order chi connectivity index (χ0) is 19.1. The van der Waals surface area contributed by atoms with Crippen molar-refractivity contribution in [2.24, 2.45) is 5.41 Å². The predicted octanol–water partition coefficient (Wildman–Crippen LogP) is 3.00. The molecule has 1 unspecified atom stereocenters. The van der Waals surface area contributed by atoms with E-state index in [9.17, 15) is 13.6 Å². The summed E-state index contributed by atoms with van der Waals surface area (Å²) >= 11 is 0. The molecule has 0 aromatic heterocycles. The number of ether oxygens (including phenoxy) is 1. The summed E-state index contributed by atoms with van der Waals surface area (Å²) in [7, 11) is 0. The van der Waals surface area contributed by atoms with E-state index in [1.807, 2.05) is 11.8 Å². The van der Waals surface area contributed by atoms with Crippen LogP contribution < -0.4 is 5.32 Å². The number of amides is 1. The van der Waals surface area contributed by atoms with E-state index >= 15 is 0 Å². The van der Waals surface area contributed by atoms with E-state index in [0.717, 1.165) is 64.8 Å². The van der Waals surface area contributed by atoms with E-state index in [4.69, 9.17) is 4.74 Å². The second-order valence-corrected chi connectivity index (χ2v) is 9.36. The minimum atomic E-state index is -2.53. The molecule has 0 aromatic carbocycles. The van der Waals surface area contributed by atoms with Gasteiger partial charge in [0.15, 0.2) is 0 Å². The molecular formula is C20H34F2N3O2+. The summed E-state index contributed by atoms with van der Waals surface area (Å²) in [6.45, 7) is 6.54. The van der Waals surface area contributed by atoms with Crippen LogP contribution in [-0.2, 0) is 4.74 Å². The molecule has 3 saturated heterocycles. The molecule has 0 aromatic rings. The number of carbonyl (C=O) groups excluding carboxylic acids is 1. The molecule has 4 fully saturated rings. The first kappa shape index (κ1) is 19.4. The second kappa shape index (κ2) is 7.14. The van der Waals surface area contributed by atoms with Crippen molar-refractivity contribution in [1.29, 1.82) is 0 Å². The van der Waals surface area contributed by atoms with Gasteiger partial charge in [0.25, 0.3) is 5.92 Å². The quantitative estimate of drug-likeness (QED) is 0.758. The summed E-state index contributed by atoms with van der Waals surface area (Å²) < 4.78 is 34.8. The Morgan fingerprint density at radius 2 is 1.96 bits per heavy atom. The number of nitrogens with zero attached hydrogens (tertiary/aromatic N) is 2. The van der Waals surface area contributed by atoms with Gasteiger partial charge in [0.2, 0.25) is 0 Å². The van der Waals surface area contributed by atoms with Gasteiger partial charge in [-0.05, 0) is 13.3 Å². The maximum atomic E-state index is 14.5. The van der Waals surface area contributed by atoms with E-state index < -0.39 is 5.92 Å². The molecule has 3 heterocycles. The molecule has 1 spiro atoms. The van der Waals surface area contributed by atoms with Crippen LogP contribution >= 0.6 is 0 Å². The van der Waals surface area contributed by atoms with Crippen molar-refractivity contribution in [2.45, 2.75) is 69.9 Å². The third-order valence-electron chi connectivity index (χ3n) is 7.71. The maximum absolute atomic E-state index is 14.5. The minimum Gasteiger partial charge on any atom is -0.450 e. The Hall–Kier alpha value is -0.950. The van der Waals surface area contributed by atoms with Gasteiger partial charge in [0.05, 0.1) is 25.2 Å². The summed E-state index contributed by atoms with van der Waals surface area (Å²) in [5.41, 5.74) is 0.141. The van der Waals surface area contributed by atoms with E-state index in [-0.39, 0.29) is 24.5 Å². The van der Waals surface area contributed by atoms with Crippen molar-refractivity contribution in [3.8, 4) is 0 Å². The SMILES string of the molecule is CCOC(=O)N1CCC2(CC([N+]3(C4CCNCC4)CCCC(F)(F)C3)C2)C1. The number of alkyl halides is 2. The van der Waals surface area contributed by atoms with Crippen LogP contribution in [0.25, 0.3) is 0 Å². The summed E-state index contributed by atoms with van der Waals surface area (Å²) in [5.74, 6) is -2.53. The van der Waals surface area contributed by atoms with E-state index in [2.05, 4.69) is 5.32 Å². The fourth-order valence-corrected chi connectivity index (χ4v) is 6.41. The van der Waals surface area contributed by atoms with Crippen molar-refractivity contribution >= 4 is 6.09 Å². The van der Waals surface area contributed by atoms with Crippen LogP contribution in [0.4, 0.5) is 13.6 Å². The van der Waals surface area contributed by atoms with Crippen LogP contribution in [0.3, 0.4) is 0 Å². The number of nitrogens with one attached hydrogen (secondary N) is 1. The molecule has 0 radical (unpaired) electrons. The van der Waals surface area contributed by atoms with Crippen molar-refractivity contribution in [1.82, 2.24) is 10.2 Å². The monoisotopic (exact) mass is 386 g/mol. The van der Waals surface area contributed by atoms with Gasteiger partial charge in [-0.15, -0.1) is 0 Å². The van der Waals surface area contributed by atoms with E-state index in [1.54, 1.807) is 0 Å². The number of hydrogen-bond donors (Lipinski definition) is 1. The van der Waals surface area contributed by atoms with Crippen LogP contribution in [0, 0.1) is 5.41 Å². The summed E-state index contributed by atoms with van der Waals surface area (Å²) in [4.78, 5) is 13.9. The zero-order valence-electron chi connectivity index (χ0n) is 16.5. The van der Waals surface area contributed by atoms with Gasteiger partial charge in [-0.1, -0.05) is 0 Å². The number of piperidine rings is 2. The molecule has 0 bridgehead atoms. The molecule has 4 rings (SSSR count). The molecule has 3 aliphatic heterocycles. The van der Waals surface area contributed by atoms with Gasteiger partial charge in [0, 0.05) is 70.1 Å². The fourth-order valence-electron chi connectivity index (χ4n) is 6.41. The maximum Gasteiger partial charge on any atom is 0.409 e. The van der Waals surface area contributed by atoms with Gasteiger partial charge in [-0.25, -0.2) is 13.6 Å². The third kappa shape index (κ3) is 3.57. The largest absolute Gasteiger partial charge is 0.450 e. The Morgan fingerprint density at radius 3 is 2.63 bits per heavy atom. The molecule has 1 saturated carbocycles. The summed E-state index contributed by atoms with van der Waals surface area (Å²) in [6, 6.07) is 0.698. The van der Waals surface area contributed by atoms with Gasteiger partial charge >= 0.3 is 6.09 Å². The summed E-state index contributed by atoms with van der Waals surface area (Å²) in [6.07, 6.45) is 5.45. The van der Waals surface area contributed by atoms with E-state index in [0.29, 0.717) is 29.6 Å². The molecule has 154 valence electrons. The highest BCUT2D eigenvalue weighted by Gasteiger charge is 2.61. The predicted molar refractivity (Wildman–Crippen MR) is 98.7 cm³/mol. The summed E-state index contributed by atoms with van der Waals surface area (Å²) in [5, 5.41) is 3.39. The number of halogens is 2. The molecule has 4 aliphatic rings. The van der Waals surface area contributed by atoms with Crippen molar-refractivity contribution in [2.75, 3.05) is 45.9 Å². The van der Waals surface area contributed by atoms with Gasteiger partial charge in [0.1, 0.15) is 6.54 Å². The van der Waals surface area contributed by atoms with E-state index in [1.165, 1.54) is 0 Å². The average molecular weight is 387 g/mol. The lowest BCUT2D eigenvalue weighted by molar-refractivity contribution is -0.992. The smallest absolute Gasteiger partial charge is 0.409 e. The van der Waals surface area contributed by atoms with Crippen LogP contribution in [0.1, 0.15) is 51.9 Å². The van der Waals surface area contributed by atoms with Crippen molar-refractivity contribution in [3.63, 3.8) is 0 Å². The van der Waals surface area contributed by atoms with Crippen LogP contribution in [0.15, 0.2) is 0 Å². The Balaban J connectivity index is 1.46. The second-order valence-electron chi connectivity index (χ2n) is 9.36. The number of carbonyl (C=O) groups is 1. The lowest BCUT2D eigenvalue weighted by atomic mass is 9.62. The standard InChI is InChI=1S/C20H34F2N3O2/c1-2-27-18(26)24-10-7-19(14-24)12-17(13-19)25(16-4-8-23-9-5-16)11-3-6-20(21,22)15-25/h16-17,23H,2-15H2,1H3/q+1. The van der Waals surface area contributed by atoms with Crippen LogP contribution in [0.5, 0.6) is 0 Å². The molecule has 1 amide bonds. The highest BCUT2D eigenvalue weighted by atomic mass is 19.3. The Bertz CT molecular complexity index is 561. The lowest BCUT2D eigenvalue weighted by Gasteiger charge is -2.61. The van der Waals surface area contributed by atoms with Crippen molar-refractivity contribution in [3.05, 3.63) is 0 Å². The number of rotatable bonds is 3. The Kier molecular flexibility index (Phi) is 5.12. The number of quaternary nitrogens is 1. The first-order chi connectivity index (χ1) is 12.9. The molecular weight excluding hydrogens is 352 g/mol. The number of hydrogen-bond acceptors (Lipinski definition) is 3. The highest BCUT2D eigenvalue weighted by Crippen LogP contribution is 2.55.